The molecule has 1 saturated heterocycles. The first-order chi connectivity index (χ1) is 15.1. The van der Waals surface area contributed by atoms with E-state index in [1.54, 1.807) is 0 Å². The van der Waals surface area contributed by atoms with E-state index in [9.17, 15) is 0 Å². The fourth-order valence-electron chi connectivity index (χ4n) is 4.03. The molecule has 1 aromatic carbocycles. The third kappa shape index (κ3) is 6.50. The summed E-state index contributed by atoms with van der Waals surface area (Å²) in [7, 11) is 1.82. The number of aryl methyl sites for hydroxylation is 2. The molecule has 2 aliphatic rings. The van der Waals surface area contributed by atoms with Gasteiger partial charge in [0.1, 0.15) is 5.76 Å². The lowest BCUT2D eigenvalue weighted by molar-refractivity contribution is 0.164. The highest BCUT2D eigenvalue weighted by atomic mass is 127. The van der Waals surface area contributed by atoms with E-state index < -0.39 is 0 Å². The molecule has 8 nitrogen and oxygen atoms in total. The second-order valence-electron chi connectivity index (χ2n) is 8.29. The van der Waals surface area contributed by atoms with E-state index >= 15 is 0 Å². The number of halogens is 1. The molecule has 0 radical (unpaired) electrons. The van der Waals surface area contributed by atoms with E-state index in [1.807, 2.05) is 27.0 Å². The molecule has 32 heavy (non-hydrogen) atoms. The molecule has 2 aromatic rings. The Labute approximate surface area is 207 Å². The molecule has 0 saturated carbocycles. The largest absolute Gasteiger partial charge is 0.454 e. The van der Waals surface area contributed by atoms with Crippen LogP contribution in [0.25, 0.3) is 0 Å². The number of nitrogens with zero attached hydrogens (tertiary/aromatic N) is 3. The van der Waals surface area contributed by atoms with Crippen molar-refractivity contribution >= 4 is 29.9 Å². The zero-order chi connectivity index (χ0) is 21.6. The van der Waals surface area contributed by atoms with Crippen LogP contribution >= 0.6 is 24.0 Å². The summed E-state index contributed by atoms with van der Waals surface area (Å²) in [4.78, 5) is 11.3. The number of hydrogen-bond donors (Lipinski definition) is 2. The number of ether oxygens (including phenoxy) is 2. The van der Waals surface area contributed by atoms with E-state index in [0.29, 0.717) is 12.7 Å². The summed E-state index contributed by atoms with van der Waals surface area (Å²) in [5.41, 5.74) is 2.21. The Morgan fingerprint density at radius 1 is 1.16 bits per heavy atom. The molecule has 0 bridgehead atoms. The lowest BCUT2D eigenvalue weighted by atomic mass is 9.97. The number of piperidine rings is 1. The van der Waals surface area contributed by atoms with Crippen LogP contribution in [0.3, 0.4) is 0 Å². The van der Waals surface area contributed by atoms with Gasteiger partial charge in [0, 0.05) is 20.1 Å². The molecule has 2 N–H and O–H groups in total. The number of fused-ring (bicyclic) bond motifs is 1. The smallest absolute Gasteiger partial charge is 0.231 e. The van der Waals surface area contributed by atoms with Crippen LogP contribution in [0, 0.1) is 19.8 Å². The predicted molar refractivity (Wildman–Crippen MR) is 135 cm³/mol. The van der Waals surface area contributed by atoms with Crippen molar-refractivity contribution in [3.8, 4) is 11.5 Å². The SMILES string of the molecule is CN=C(NCCc1ccc2c(c1)OCO2)NCC1CCN(Cc2nc(C)c(C)o2)CC1.I. The van der Waals surface area contributed by atoms with Gasteiger partial charge >= 0.3 is 0 Å². The highest BCUT2D eigenvalue weighted by Crippen LogP contribution is 2.32. The molecular weight excluding hydrogens is 521 g/mol. The summed E-state index contributed by atoms with van der Waals surface area (Å²) in [6, 6.07) is 6.11. The maximum atomic E-state index is 5.73. The van der Waals surface area contributed by atoms with E-state index in [2.05, 4.69) is 37.6 Å². The first-order valence-electron chi connectivity index (χ1n) is 11.1. The summed E-state index contributed by atoms with van der Waals surface area (Å²) in [6.07, 6.45) is 3.23. The van der Waals surface area contributed by atoms with Crippen LogP contribution in [-0.2, 0) is 13.0 Å². The zero-order valence-electron chi connectivity index (χ0n) is 19.1. The highest BCUT2D eigenvalue weighted by molar-refractivity contribution is 14.0. The maximum absolute atomic E-state index is 5.73. The van der Waals surface area contributed by atoms with E-state index in [-0.39, 0.29) is 24.0 Å². The predicted octanol–water partition coefficient (Wildman–Crippen LogP) is 3.26. The standard InChI is InChI=1S/C23H33N5O3.HI/c1-16-17(2)31-22(27-16)14-28-10-7-19(8-11-28)13-26-23(24-3)25-9-6-18-4-5-20-21(12-18)30-15-29-20;/h4-5,12,19H,6-11,13-15H2,1-3H3,(H2,24,25,26);1H. The molecule has 1 fully saturated rings. The topological polar surface area (TPSA) is 84.2 Å². The van der Waals surface area contributed by atoms with Crippen molar-refractivity contribution in [1.29, 1.82) is 0 Å². The number of guanidine groups is 1. The molecule has 3 heterocycles. The lowest BCUT2D eigenvalue weighted by Gasteiger charge is -2.31. The number of aromatic nitrogens is 1. The molecule has 9 heteroatoms. The average Bonchev–Trinajstić information content (AvgIpc) is 3.37. The van der Waals surface area contributed by atoms with E-state index in [0.717, 1.165) is 73.9 Å². The summed E-state index contributed by atoms with van der Waals surface area (Å²) in [5, 5.41) is 6.90. The number of benzene rings is 1. The third-order valence-electron chi connectivity index (χ3n) is 6.06. The van der Waals surface area contributed by atoms with E-state index in [1.165, 1.54) is 18.4 Å². The molecule has 0 atom stereocenters. The molecule has 176 valence electrons. The van der Waals surface area contributed by atoms with Gasteiger partial charge in [0.25, 0.3) is 0 Å². The molecule has 4 rings (SSSR count). The second-order valence-corrected chi connectivity index (χ2v) is 8.29. The van der Waals surface area contributed by atoms with Gasteiger partial charge in [-0.1, -0.05) is 6.07 Å². The van der Waals surface area contributed by atoms with Gasteiger partial charge in [0.05, 0.1) is 12.2 Å². The zero-order valence-corrected chi connectivity index (χ0v) is 21.5. The van der Waals surface area contributed by atoms with Gasteiger partial charge in [-0.15, -0.1) is 24.0 Å². The van der Waals surface area contributed by atoms with Gasteiger partial charge in [-0.25, -0.2) is 4.98 Å². The molecular formula is C23H34IN5O3. The average molecular weight is 555 g/mol. The summed E-state index contributed by atoms with van der Waals surface area (Å²) >= 11 is 0. The van der Waals surface area contributed by atoms with Crippen molar-refractivity contribution in [3.63, 3.8) is 0 Å². The molecule has 1 aromatic heterocycles. The fraction of sp³-hybridized carbons (Fsp3) is 0.565. The van der Waals surface area contributed by atoms with Crippen LogP contribution in [0.15, 0.2) is 27.6 Å². The van der Waals surface area contributed by atoms with Crippen molar-refractivity contribution in [1.82, 2.24) is 20.5 Å². The molecule has 0 spiro atoms. The molecule has 0 unspecified atom stereocenters. The van der Waals surface area contributed by atoms with Crippen molar-refractivity contribution in [2.24, 2.45) is 10.9 Å². The Morgan fingerprint density at radius 3 is 2.66 bits per heavy atom. The van der Waals surface area contributed by atoms with Gasteiger partial charge in [-0.3, -0.25) is 9.89 Å². The quantitative estimate of drug-likeness (QED) is 0.308. The monoisotopic (exact) mass is 555 g/mol. The lowest BCUT2D eigenvalue weighted by Crippen LogP contribution is -2.43. The maximum Gasteiger partial charge on any atom is 0.231 e. The van der Waals surface area contributed by atoms with E-state index in [4.69, 9.17) is 13.9 Å². The minimum atomic E-state index is 0. The number of aliphatic imine (C=N–C) groups is 1. The normalized spacial score (nSPS) is 16.7. The minimum absolute atomic E-state index is 0. The second kappa shape index (κ2) is 11.7. The van der Waals surface area contributed by atoms with Gasteiger partial charge in [0.2, 0.25) is 12.7 Å². The molecule has 0 aliphatic carbocycles. The number of likely N-dealkylation sites (tertiary alicyclic amines) is 1. The number of hydrogen-bond acceptors (Lipinski definition) is 6. The summed E-state index contributed by atoms with van der Waals surface area (Å²) in [6.45, 7) is 8.98. The van der Waals surface area contributed by atoms with Crippen LogP contribution < -0.4 is 20.1 Å². The molecule has 2 aliphatic heterocycles. The van der Waals surface area contributed by atoms with Gasteiger partial charge in [0.15, 0.2) is 17.5 Å². The number of nitrogens with one attached hydrogen (secondary N) is 2. The first kappa shape index (κ1) is 24.6. The summed E-state index contributed by atoms with van der Waals surface area (Å²) in [5.74, 6) is 4.92. The van der Waals surface area contributed by atoms with Crippen LogP contribution in [-0.4, -0.2) is 55.9 Å². The van der Waals surface area contributed by atoms with Gasteiger partial charge < -0.3 is 24.5 Å². The van der Waals surface area contributed by atoms with Gasteiger partial charge in [-0.05, 0) is 69.8 Å². The van der Waals surface area contributed by atoms with Crippen LogP contribution in [0.5, 0.6) is 11.5 Å². The molecule has 0 amide bonds. The Hall–Kier alpha value is -2.01. The van der Waals surface area contributed by atoms with Crippen LogP contribution in [0.1, 0.15) is 35.7 Å². The highest BCUT2D eigenvalue weighted by Gasteiger charge is 2.21. The van der Waals surface area contributed by atoms with Crippen molar-refractivity contribution in [2.75, 3.05) is 40.0 Å². The Kier molecular flexibility index (Phi) is 9.03. The number of rotatable bonds is 7. The Balaban J connectivity index is 0.00000289. The van der Waals surface area contributed by atoms with Crippen molar-refractivity contribution in [2.45, 2.75) is 39.7 Å². The van der Waals surface area contributed by atoms with Crippen molar-refractivity contribution < 1.29 is 13.9 Å². The van der Waals surface area contributed by atoms with Crippen LogP contribution in [0.4, 0.5) is 0 Å². The minimum Gasteiger partial charge on any atom is -0.454 e. The fourth-order valence-corrected chi connectivity index (χ4v) is 4.03. The van der Waals surface area contributed by atoms with Crippen molar-refractivity contribution in [3.05, 3.63) is 41.1 Å². The Bertz CT molecular complexity index is 890. The summed E-state index contributed by atoms with van der Waals surface area (Å²) < 4.78 is 16.5. The number of oxazole rings is 1. The van der Waals surface area contributed by atoms with Gasteiger partial charge in [-0.2, -0.15) is 0 Å². The first-order valence-corrected chi connectivity index (χ1v) is 11.1. The third-order valence-corrected chi connectivity index (χ3v) is 6.06. The Morgan fingerprint density at radius 2 is 1.94 bits per heavy atom. The van der Waals surface area contributed by atoms with Crippen LogP contribution in [0.2, 0.25) is 0 Å².